The second-order valence-electron chi connectivity index (χ2n) is 4.40. The van der Waals surface area contributed by atoms with Gasteiger partial charge in [0.1, 0.15) is 0 Å². The van der Waals surface area contributed by atoms with Crippen LogP contribution in [0.1, 0.15) is 32.6 Å². The number of hydrogen-bond donors (Lipinski definition) is 1. The number of sulfonamides is 1. The number of rotatable bonds is 7. The second-order valence-corrected chi connectivity index (χ2v) is 6.61. The van der Waals surface area contributed by atoms with Crippen LogP contribution in [0.25, 0.3) is 0 Å². The summed E-state index contributed by atoms with van der Waals surface area (Å²) in [6.07, 6.45) is 2.80. The van der Waals surface area contributed by atoms with Gasteiger partial charge in [-0.25, -0.2) is 12.7 Å². The number of nitrogens with zero attached hydrogens (tertiary/aromatic N) is 1. The fraction of sp³-hybridized carbons (Fsp3) is 1.00. The Morgan fingerprint density at radius 1 is 1.29 bits per heavy atom. The van der Waals surface area contributed by atoms with E-state index in [4.69, 9.17) is 10.5 Å². The Kier molecular flexibility index (Phi) is 6.40. The van der Waals surface area contributed by atoms with Gasteiger partial charge in [-0.2, -0.15) is 0 Å². The monoisotopic (exact) mass is 264 g/mol. The fourth-order valence-corrected chi connectivity index (χ4v) is 4.10. The van der Waals surface area contributed by atoms with Crippen LogP contribution in [0.15, 0.2) is 0 Å². The summed E-state index contributed by atoms with van der Waals surface area (Å²) in [5.74, 6) is 0. The van der Waals surface area contributed by atoms with Crippen molar-refractivity contribution < 1.29 is 13.2 Å². The highest BCUT2D eigenvalue weighted by Gasteiger charge is 2.32. The zero-order valence-corrected chi connectivity index (χ0v) is 11.4. The van der Waals surface area contributed by atoms with E-state index in [1.165, 1.54) is 0 Å². The molecule has 102 valence electrons. The molecule has 5 nitrogen and oxygen atoms in total. The lowest BCUT2D eigenvalue weighted by Crippen LogP contribution is -2.42. The molecule has 1 aliphatic rings. The van der Waals surface area contributed by atoms with Gasteiger partial charge in [0, 0.05) is 26.3 Å². The molecule has 0 radical (unpaired) electrons. The second kappa shape index (κ2) is 7.31. The zero-order valence-electron chi connectivity index (χ0n) is 10.6. The largest absolute Gasteiger partial charge is 0.381 e. The van der Waals surface area contributed by atoms with E-state index in [1.54, 1.807) is 4.31 Å². The molecule has 0 bridgehead atoms. The molecule has 0 amide bonds. The van der Waals surface area contributed by atoms with Crippen molar-refractivity contribution in [3.8, 4) is 0 Å². The first kappa shape index (κ1) is 14.9. The third kappa shape index (κ3) is 4.21. The van der Waals surface area contributed by atoms with Crippen molar-refractivity contribution in [1.82, 2.24) is 4.31 Å². The van der Waals surface area contributed by atoms with E-state index < -0.39 is 10.0 Å². The normalized spacial score (nSPS) is 18.8. The average molecular weight is 264 g/mol. The Hall–Kier alpha value is -0.170. The van der Waals surface area contributed by atoms with Gasteiger partial charge in [-0.05, 0) is 32.2 Å². The van der Waals surface area contributed by atoms with Crippen LogP contribution in [0.3, 0.4) is 0 Å². The van der Waals surface area contributed by atoms with Gasteiger partial charge in [-0.3, -0.25) is 0 Å². The van der Waals surface area contributed by atoms with Crippen LogP contribution in [0.4, 0.5) is 0 Å². The highest BCUT2D eigenvalue weighted by molar-refractivity contribution is 7.89. The number of nitrogens with two attached hydrogens (primary N) is 1. The molecule has 0 aromatic rings. The Labute approximate surface area is 104 Å². The first-order valence-corrected chi connectivity index (χ1v) is 7.90. The van der Waals surface area contributed by atoms with Crippen molar-refractivity contribution in [3.05, 3.63) is 0 Å². The third-order valence-electron chi connectivity index (χ3n) is 3.03. The van der Waals surface area contributed by atoms with Crippen molar-refractivity contribution in [2.24, 2.45) is 5.73 Å². The molecule has 1 fully saturated rings. The molecule has 0 aromatic heterocycles. The van der Waals surface area contributed by atoms with E-state index in [2.05, 4.69) is 0 Å². The summed E-state index contributed by atoms with van der Waals surface area (Å²) in [5, 5.41) is -0.263. The third-order valence-corrected chi connectivity index (χ3v) is 5.43. The Morgan fingerprint density at radius 2 is 1.94 bits per heavy atom. The molecule has 1 heterocycles. The van der Waals surface area contributed by atoms with Crippen LogP contribution in [0.2, 0.25) is 0 Å². The molecule has 0 saturated carbocycles. The minimum Gasteiger partial charge on any atom is -0.381 e. The van der Waals surface area contributed by atoms with Crippen molar-refractivity contribution in [3.63, 3.8) is 0 Å². The standard InChI is InChI=1S/C11H24N2O3S/c1-2-7-13(8-3-6-12)17(14,15)11-4-9-16-10-5-11/h11H,2-10,12H2,1H3. The molecular weight excluding hydrogens is 240 g/mol. The molecule has 0 aliphatic carbocycles. The van der Waals surface area contributed by atoms with Crippen LogP contribution in [-0.2, 0) is 14.8 Å². The summed E-state index contributed by atoms with van der Waals surface area (Å²) in [5.41, 5.74) is 5.45. The molecule has 1 aliphatic heterocycles. The van der Waals surface area contributed by atoms with E-state index >= 15 is 0 Å². The van der Waals surface area contributed by atoms with Crippen molar-refractivity contribution in [1.29, 1.82) is 0 Å². The quantitative estimate of drug-likeness (QED) is 0.729. The molecule has 1 saturated heterocycles. The van der Waals surface area contributed by atoms with Crippen molar-refractivity contribution >= 4 is 10.0 Å². The molecule has 2 N–H and O–H groups in total. The molecule has 1 rings (SSSR count). The summed E-state index contributed by atoms with van der Waals surface area (Å²) in [7, 11) is -3.16. The Balaban J connectivity index is 2.67. The van der Waals surface area contributed by atoms with Crippen LogP contribution < -0.4 is 5.73 Å². The highest BCUT2D eigenvalue weighted by Crippen LogP contribution is 2.20. The molecular formula is C11H24N2O3S. The minimum absolute atomic E-state index is 0.263. The van der Waals surface area contributed by atoms with Gasteiger partial charge in [0.25, 0.3) is 0 Å². The van der Waals surface area contributed by atoms with Gasteiger partial charge in [-0.15, -0.1) is 0 Å². The summed E-state index contributed by atoms with van der Waals surface area (Å²) >= 11 is 0. The fourth-order valence-electron chi connectivity index (χ4n) is 2.07. The maximum Gasteiger partial charge on any atom is 0.217 e. The Bertz CT molecular complexity index is 300. The van der Waals surface area contributed by atoms with Gasteiger partial charge in [0.2, 0.25) is 10.0 Å². The van der Waals surface area contributed by atoms with E-state index in [-0.39, 0.29) is 5.25 Å². The van der Waals surface area contributed by atoms with Gasteiger partial charge >= 0.3 is 0 Å². The predicted molar refractivity (Wildman–Crippen MR) is 68.3 cm³/mol. The van der Waals surface area contributed by atoms with Gasteiger partial charge in [0.15, 0.2) is 0 Å². The summed E-state index contributed by atoms with van der Waals surface area (Å²) in [4.78, 5) is 0. The zero-order chi connectivity index (χ0) is 12.7. The molecule has 0 atom stereocenters. The Morgan fingerprint density at radius 3 is 2.47 bits per heavy atom. The minimum atomic E-state index is -3.16. The lowest BCUT2D eigenvalue weighted by Gasteiger charge is -2.29. The summed E-state index contributed by atoms with van der Waals surface area (Å²) < 4.78 is 31.6. The molecule has 0 aromatic carbocycles. The molecule has 0 spiro atoms. The van der Waals surface area contributed by atoms with Crippen LogP contribution >= 0.6 is 0 Å². The van der Waals surface area contributed by atoms with E-state index in [1.807, 2.05) is 6.92 Å². The van der Waals surface area contributed by atoms with Crippen LogP contribution in [0, 0.1) is 0 Å². The molecule has 6 heteroatoms. The van der Waals surface area contributed by atoms with E-state index in [0.29, 0.717) is 45.7 Å². The maximum absolute atomic E-state index is 12.4. The van der Waals surface area contributed by atoms with E-state index in [0.717, 1.165) is 12.8 Å². The van der Waals surface area contributed by atoms with Crippen LogP contribution in [0.5, 0.6) is 0 Å². The van der Waals surface area contributed by atoms with E-state index in [9.17, 15) is 8.42 Å². The van der Waals surface area contributed by atoms with Crippen LogP contribution in [-0.4, -0.2) is 50.8 Å². The maximum atomic E-state index is 12.4. The summed E-state index contributed by atoms with van der Waals surface area (Å²) in [6.45, 7) is 4.78. The topological polar surface area (TPSA) is 72.6 Å². The number of hydrogen-bond acceptors (Lipinski definition) is 4. The lowest BCUT2D eigenvalue weighted by molar-refractivity contribution is 0.0972. The van der Waals surface area contributed by atoms with Crippen molar-refractivity contribution in [2.45, 2.75) is 37.9 Å². The SMILES string of the molecule is CCCN(CCCN)S(=O)(=O)C1CCOCC1. The predicted octanol–water partition coefficient (Wildman–Crippen LogP) is 0.556. The lowest BCUT2D eigenvalue weighted by atomic mass is 10.2. The average Bonchev–Trinajstić information content (AvgIpc) is 2.35. The molecule has 0 unspecified atom stereocenters. The van der Waals surface area contributed by atoms with Gasteiger partial charge in [0.05, 0.1) is 5.25 Å². The first-order chi connectivity index (χ1) is 8.12. The smallest absolute Gasteiger partial charge is 0.217 e. The highest BCUT2D eigenvalue weighted by atomic mass is 32.2. The molecule has 17 heavy (non-hydrogen) atoms. The van der Waals surface area contributed by atoms with Crippen molar-refractivity contribution in [2.75, 3.05) is 32.8 Å². The number of ether oxygens (including phenoxy) is 1. The first-order valence-electron chi connectivity index (χ1n) is 6.39. The van der Waals surface area contributed by atoms with Gasteiger partial charge < -0.3 is 10.5 Å². The summed E-state index contributed by atoms with van der Waals surface area (Å²) in [6, 6.07) is 0. The van der Waals surface area contributed by atoms with Gasteiger partial charge in [-0.1, -0.05) is 6.92 Å².